The number of hydrogen-bond donors (Lipinski definition) is 1. The van der Waals surface area contributed by atoms with Crippen molar-refractivity contribution in [1.82, 2.24) is 0 Å². The molecule has 1 N–H and O–H groups in total. The number of aliphatic hydroxyl groups excluding tert-OH is 1. The minimum absolute atomic E-state index is 0.240. The molecule has 1 atom stereocenters. The Hall–Kier alpha value is -0.180. The minimum atomic E-state index is -2.57. The second-order valence-corrected chi connectivity index (χ2v) is 3.46. The summed E-state index contributed by atoms with van der Waals surface area (Å²) >= 11 is 0. The van der Waals surface area contributed by atoms with Gasteiger partial charge in [-0.05, 0) is 6.42 Å². The first-order valence-corrected chi connectivity index (χ1v) is 5.14. The van der Waals surface area contributed by atoms with Gasteiger partial charge in [-0.3, -0.25) is 0 Å². The van der Waals surface area contributed by atoms with Crippen LogP contribution >= 0.6 is 0 Å². The summed E-state index contributed by atoms with van der Waals surface area (Å²) in [5.41, 5.74) is 0. The molecule has 0 heterocycles. The Balaban J connectivity index is 3.07. The molecule has 0 aromatic carbocycles. The van der Waals surface area contributed by atoms with Crippen LogP contribution in [0.2, 0.25) is 0 Å². The summed E-state index contributed by atoms with van der Waals surface area (Å²) in [5.74, 6) is 0. The van der Waals surface area contributed by atoms with Crippen LogP contribution in [0.1, 0.15) is 51.9 Å². The van der Waals surface area contributed by atoms with Gasteiger partial charge in [0, 0.05) is 0 Å². The standard InChI is InChI=1S/C10H20F2O/c1-2-3-4-5-6-7-8-9(13)10(11)12/h9-10,13H,2-8H2,1H3. The molecular weight excluding hydrogens is 174 g/mol. The Morgan fingerprint density at radius 1 is 1.00 bits per heavy atom. The van der Waals surface area contributed by atoms with E-state index in [-0.39, 0.29) is 6.42 Å². The highest BCUT2D eigenvalue weighted by Gasteiger charge is 2.15. The predicted octanol–water partition coefficient (Wildman–Crippen LogP) is 3.36. The molecule has 1 unspecified atom stereocenters. The lowest BCUT2D eigenvalue weighted by atomic mass is 10.1. The van der Waals surface area contributed by atoms with E-state index in [4.69, 9.17) is 5.11 Å². The maximum Gasteiger partial charge on any atom is 0.264 e. The van der Waals surface area contributed by atoms with Crippen molar-refractivity contribution in [2.45, 2.75) is 64.4 Å². The SMILES string of the molecule is CCCCCCCCC(O)C(F)F. The van der Waals surface area contributed by atoms with Crippen LogP contribution in [0.15, 0.2) is 0 Å². The number of hydrogen-bond acceptors (Lipinski definition) is 1. The van der Waals surface area contributed by atoms with E-state index in [0.717, 1.165) is 19.3 Å². The van der Waals surface area contributed by atoms with E-state index < -0.39 is 12.5 Å². The summed E-state index contributed by atoms with van der Waals surface area (Å²) in [6.07, 6.45) is 2.63. The fourth-order valence-corrected chi connectivity index (χ4v) is 1.26. The molecule has 0 amide bonds. The van der Waals surface area contributed by atoms with Crippen molar-refractivity contribution in [2.24, 2.45) is 0 Å². The number of alkyl halides is 2. The van der Waals surface area contributed by atoms with Crippen molar-refractivity contribution in [3.8, 4) is 0 Å². The van der Waals surface area contributed by atoms with Gasteiger partial charge in [0.15, 0.2) is 0 Å². The van der Waals surface area contributed by atoms with Crippen LogP contribution in [0.5, 0.6) is 0 Å². The summed E-state index contributed by atoms with van der Waals surface area (Å²) < 4.78 is 23.6. The largest absolute Gasteiger partial charge is 0.387 e. The number of halogens is 2. The first-order valence-electron chi connectivity index (χ1n) is 5.14. The lowest BCUT2D eigenvalue weighted by Crippen LogP contribution is -2.16. The predicted molar refractivity (Wildman–Crippen MR) is 50.0 cm³/mol. The second-order valence-electron chi connectivity index (χ2n) is 3.46. The van der Waals surface area contributed by atoms with Crippen LogP contribution in [-0.4, -0.2) is 17.6 Å². The molecule has 0 spiro atoms. The molecule has 0 rings (SSSR count). The zero-order chi connectivity index (χ0) is 10.1. The van der Waals surface area contributed by atoms with Crippen molar-refractivity contribution < 1.29 is 13.9 Å². The Labute approximate surface area is 79.1 Å². The molecule has 1 nitrogen and oxygen atoms in total. The van der Waals surface area contributed by atoms with Crippen LogP contribution in [0, 0.1) is 0 Å². The lowest BCUT2D eigenvalue weighted by Gasteiger charge is -2.08. The third kappa shape index (κ3) is 8.16. The highest BCUT2D eigenvalue weighted by Crippen LogP contribution is 2.12. The average Bonchev–Trinajstić information content (AvgIpc) is 2.10. The molecule has 0 aromatic heterocycles. The molecule has 0 radical (unpaired) electrons. The molecule has 3 heteroatoms. The Morgan fingerprint density at radius 3 is 2.08 bits per heavy atom. The molecule has 13 heavy (non-hydrogen) atoms. The van der Waals surface area contributed by atoms with Crippen LogP contribution in [0.25, 0.3) is 0 Å². The number of rotatable bonds is 8. The van der Waals surface area contributed by atoms with Crippen molar-refractivity contribution in [3.63, 3.8) is 0 Å². The fourth-order valence-electron chi connectivity index (χ4n) is 1.26. The van der Waals surface area contributed by atoms with E-state index in [2.05, 4.69) is 6.92 Å². The zero-order valence-electron chi connectivity index (χ0n) is 8.31. The monoisotopic (exact) mass is 194 g/mol. The van der Waals surface area contributed by atoms with Gasteiger partial charge < -0.3 is 5.11 Å². The van der Waals surface area contributed by atoms with Crippen molar-refractivity contribution in [1.29, 1.82) is 0 Å². The summed E-state index contributed by atoms with van der Waals surface area (Å²) in [7, 11) is 0. The smallest absolute Gasteiger partial charge is 0.264 e. The van der Waals surface area contributed by atoms with Crippen LogP contribution < -0.4 is 0 Å². The maximum absolute atomic E-state index is 11.8. The minimum Gasteiger partial charge on any atom is -0.387 e. The molecular formula is C10H20F2O. The van der Waals surface area contributed by atoms with Gasteiger partial charge in [0.2, 0.25) is 0 Å². The van der Waals surface area contributed by atoms with Crippen LogP contribution in [0.3, 0.4) is 0 Å². The maximum atomic E-state index is 11.8. The summed E-state index contributed by atoms with van der Waals surface area (Å²) in [4.78, 5) is 0. The number of unbranched alkanes of at least 4 members (excludes halogenated alkanes) is 5. The molecule has 0 saturated heterocycles. The van der Waals surface area contributed by atoms with Gasteiger partial charge in [-0.15, -0.1) is 0 Å². The third-order valence-electron chi connectivity index (χ3n) is 2.14. The zero-order valence-corrected chi connectivity index (χ0v) is 8.31. The first-order chi connectivity index (χ1) is 6.18. The summed E-state index contributed by atoms with van der Waals surface area (Å²) in [6, 6.07) is 0. The molecule has 0 bridgehead atoms. The van der Waals surface area contributed by atoms with Gasteiger partial charge in [0.1, 0.15) is 6.10 Å². The van der Waals surface area contributed by atoms with E-state index in [9.17, 15) is 8.78 Å². The first kappa shape index (κ1) is 12.8. The normalized spacial score (nSPS) is 13.6. The molecule has 80 valence electrons. The lowest BCUT2D eigenvalue weighted by molar-refractivity contribution is -0.0100. The van der Waals surface area contributed by atoms with E-state index in [1.54, 1.807) is 0 Å². The van der Waals surface area contributed by atoms with Crippen LogP contribution in [0.4, 0.5) is 8.78 Å². The van der Waals surface area contributed by atoms with E-state index >= 15 is 0 Å². The molecule has 0 fully saturated rings. The second kappa shape index (κ2) is 8.42. The van der Waals surface area contributed by atoms with Gasteiger partial charge in [-0.25, -0.2) is 8.78 Å². The van der Waals surface area contributed by atoms with E-state index in [1.807, 2.05) is 0 Å². The van der Waals surface area contributed by atoms with Crippen molar-refractivity contribution in [2.75, 3.05) is 0 Å². The van der Waals surface area contributed by atoms with Gasteiger partial charge in [0.25, 0.3) is 6.43 Å². The Morgan fingerprint density at radius 2 is 1.54 bits per heavy atom. The van der Waals surface area contributed by atoms with E-state index in [1.165, 1.54) is 19.3 Å². The van der Waals surface area contributed by atoms with Gasteiger partial charge >= 0.3 is 0 Å². The van der Waals surface area contributed by atoms with Crippen molar-refractivity contribution >= 4 is 0 Å². The third-order valence-corrected chi connectivity index (χ3v) is 2.14. The Kier molecular flexibility index (Phi) is 8.30. The molecule has 0 saturated carbocycles. The topological polar surface area (TPSA) is 20.2 Å². The molecule has 0 aliphatic carbocycles. The summed E-state index contributed by atoms with van der Waals surface area (Å²) in [6.45, 7) is 2.14. The van der Waals surface area contributed by atoms with Crippen LogP contribution in [-0.2, 0) is 0 Å². The summed E-state index contributed by atoms with van der Waals surface area (Å²) in [5, 5.41) is 8.78. The quantitative estimate of drug-likeness (QED) is 0.587. The fraction of sp³-hybridized carbons (Fsp3) is 1.00. The van der Waals surface area contributed by atoms with Gasteiger partial charge in [-0.2, -0.15) is 0 Å². The molecule has 0 aliphatic heterocycles. The highest BCUT2D eigenvalue weighted by atomic mass is 19.3. The van der Waals surface area contributed by atoms with Gasteiger partial charge in [-0.1, -0.05) is 45.4 Å². The number of aliphatic hydroxyl groups is 1. The highest BCUT2D eigenvalue weighted by molar-refractivity contribution is 4.57. The van der Waals surface area contributed by atoms with Gasteiger partial charge in [0.05, 0.1) is 0 Å². The Bertz CT molecular complexity index is 107. The molecule has 0 aliphatic rings. The average molecular weight is 194 g/mol. The molecule has 0 aromatic rings. The van der Waals surface area contributed by atoms with E-state index in [0.29, 0.717) is 0 Å². The van der Waals surface area contributed by atoms with Crippen molar-refractivity contribution in [3.05, 3.63) is 0 Å².